The quantitative estimate of drug-likeness (QED) is 0.562. The number of nitrogens with one attached hydrogen (secondary N) is 1. The van der Waals surface area contributed by atoms with Crippen LogP contribution in [0.2, 0.25) is 0 Å². The topological polar surface area (TPSA) is 56.1 Å². The van der Waals surface area contributed by atoms with Crippen molar-refractivity contribution < 1.29 is 4.79 Å². The maximum absolute atomic E-state index is 12.6. The molecule has 0 saturated heterocycles. The van der Waals surface area contributed by atoms with E-state index in [1.54, 1.807) is 6.08 Å². The highest BCUT2D eigenvalue weighted by Gasteiger charge is 2.28. The van der Waals surface area contributed by atoms with Crippen molar-refractivity contribution in [2.75, 3.05) is 17.3 Å². The fourth-order valence-electron chi connectivity index (χ4n) is 3.83. The van der Waals surface area contributed by atoms with E-state index in [1.165, 1.54) is 5.57 Å². The van der Waals surface area contributed by atoms with E-state index in [4.69, 9.17) is 0 Å². The highest BCUT2D eigenvalue weighted by atomic mass is 16.1. The lowest BCUT2D eigenvalue weighted by Crippen LogP contribution is -2.42. The number of benzene rings is 2. The van der Waals surface area contributed by atoms with Crippen LogP contribution in [0.15, 0.2) is 48.0 Å². The Labute approximate surface area is 173 Å². The Morgan fingerprint density at radius 1 is 1.10 bits per heavy atom. The fraction of sp³-hybridized carbons (Fsp3) is 0.280. The van der Waals surface area contributed by atoms with Gasteiger partial charge in [0, 0.05) is 24.0 Å². The van der Waals surface area contributed by atoms with Gasteiger partial charge < -0.3 is 10.2 Å². The first kappa shape index (κ1) is 20.4. The van der Waals surface area contributed by atoms with Gasteiger partial charge in [-0.05, 0) is 87.2 Å². The van der Waals surface area contributed by atoms with Gasteiger partial charge in [-0.2, -0.15) is 5.26 Å². The molecule has 0 saturated carbocycles. The Bertz CT molecular complexity index is 1060. The second kappa shape index (κ2) is 7.60. The van der Waals surface area contributed by atoms with Crippen LogP contribution >= 0.6 is 0 Å². The molecular formula is C25H27N3O. The fourth-order valence-corrected chi connectivity index (χ4v) is 3.83. The van der Waals surface area contributed by atoms with Crippen LogP contribution in [0.1, 0.15) is 43.0 Å². The number of nitriles is 1. The predicted molar refractivity (Wildman–Crippen MR) is 121 cm³/mol. The summed E-state index contributed by atoms with van der Waals surface area (Å²) in [6, 6.07) is 13.9. The lowest BCUT2D eigenvalue weighted by molar-refractivity contribution is -0.112. The van der Waals surface area contributed by atoms with Crippen LogP contribution in [-0.4, -0.2) is 18.5 Å². The zero-order valence-electron chi connectivity index (χ0n) is 17.9. The Morgan fingerprint density at radius 2 is 1.76 bits per heavy atom. The van der Waals surface area contributed by atoms with Crippen LogP contribution in [0.25, 0.3) is 11.6 Å². The molecule has 0 spiro atoms. The first-order valence-electron chi connectivity index (χ1n) is 9.70. The third-order valence-corrected chi connectivity index (χ3v) is 5.40. The van der Waals surface area contributed by atoms with Crippen LogP contribution in [0.4, 0.5) is 11.4 Å². The van der Waals surface area contributed by atoms with E-state index in [-0.39, 0.29) is 11.1 Å². The summed E-state index contributed by atoms with van der Waals surface area (Å²) in [7, 11) is 2.08. The van der Waals surface area contributed by atoms with E-state index in [2.05, 4.69) is 50.2 Å². The molecule has 1 aliphatic heterocycles. The average molecular weight is 386 g/mol. The molecule has 3 rings (SSSR count). The molecule has 1 heterocycles. The number of carbonyl (C=O) groups is 1. The molecule has 0 aromatic heterocycles. The van der Waals surface area contributed by atoms with Gasteiger partial charge in [-0.1, -0.05) is 18.2 Å². The summed E-state index contributed by atoms with van der Waals surface area (Å²) < 4.78 is 0. The zero-order valence-corrected chi connectivity index (χ0v) is 17.9. The smallest absolute Gasteiger partial charge is 0.266 e. The van der Waals surface area contributed by atoms with Gasteiger partial charge in [0.15, 0.2) is 0 Å². The SMILES string of the molecule is CC1=CC(C)(C)N(C)c2ccc(/C=C(/C#N)C(=O)Nc3cc(C)cc(C)c3)cc21. The van der Waals surface area contributed by atoms with Crippen LogP contribution in [0, 0.1) is 25.2 Å². The first-order valence-corrected chi connectivity index (χ1v) is 9.70. The normalized spacial score (nSPS) is 15.3. The predicted octanol–water partition coefficient (Wildman–Crippen LogP) is 5.48. The molecule has 1 N–H and O–H groups in total. The van der Waals surface area contributed by atoms with Gasteiger partial charge in [0.1, 0.15) is 11.6 Å². The molecule has 0 unspecified atom stereocenters. The maximum atomic E-state index is 12.6. The van der Waals surface area contributed by atoms with Gasteiger partial charge in [-0.25, -0.2) is 0 Å². The van der Waals surface area contributed by atoms with Gasteiger partial charge >= 0.3 is 0 Å². The van der Waals surface area contributed by atoms with E-state index in [1.807, 2.05) is 50.2 Å². The van der Waals surface area contributed by atoms with E-state index in [0.717, 1.165) is 27.9 Å². The van der Waals surface area contributed by atoms with Gasteiger partial charge in [-0.3, -0.25) is 4.79 Å². The number of hydrogen-bond acceptors (Lipinski definition) is 3. The molecule has 1 amide bonds. The number of allylic oxidation sites excluding steroid dienone is 1. The summed E-state index contributed by atoms with van der Waals surface area (Å²) in [4.78, 5) is 14.9. The summed E-state index contributed by atoms with van der Waals surface area (Å²) in [5, 5.41) is 12.4. The molecular weight excluding hydrogens is 358 g/mol. The molecule has 4 nitrogen and oxygen atoms in total. The van der Waals surface area contributed by atoms with Gasteiger partial charge in [-0.15, -0.1) is 0 Å². The molecule has 2 aromatic rings. The summed E-state index contributed by atoms with van der Waals surface area (Å²) in [6.45, 7) is 10.4. The largest absolute Gasteiger partial charge is 0.366 e. The minimum Gasteiger partial charge on any atom is -0.366 e. The number of nitrogens with zero attached hydrogens (tertiary/aromatic N) is 2. The second-order valence-electron chi connectivity index (χ2n) is 8.32. The number of fused-ring (bicyclic) bond motifs is 1. The van der Waals surface area contributed by atoms with Crippen LogP contribution in [0.3, 0.4) is 0 Å². The average Bonchev–Trinajstić information content (AvgIpc) is 2.63. The molecule has 0 bridgehead atoms. The number of hydrogen-bond donors (Lipinski definition) is 1. The monoisotopic (exact) mass is 385 g/mol. The van der Waals surface area contributed by atoms with Crippen molar-refractivity contribution in [2.24, 2.45) is 0 Å². The number of carbonyl (C=O) groups excluding carboxylic acids is 1. The molecule has 4 heteroatoms. The van der Waals surface area contributed by atoms with E-state index < -0.39 is 5.91 Å². The third kappa shape index (κ3) is 4.25. The molecule has 0 atom stereocenters. The summed E-state index contributed by atoms with van der Waals surface area (Å²) in [6.07, 6.45) is 3.88. The first-order chi connectivity index (χ1) is 13.6. The van der Waals surface area contributed by atoms with Crippen molar-refractivity contribution in [3.8, 4) is 6.07 Å². The Hall–Kier alpha value is -3.32. The summed E-state index contributed by atoms with van der Waals surface area (Å²) in [5.74, 6) is -0.402. The second-order valence-corrected chi connectivity index (χ2v) is 8.32. The molecule has 0 aliphatic carbocycles. The van der Waals surface area contributed by atoms with E-state index in [0.29, 0.717) is 5.69 Å². The zero-order chi connectivity index (χ0) is 21.3. The van der Waals surface area contributed by atoms with Gasteiger partial charge in [0.2, 0.25) is 0 Å². The number of likely N-dealkylation sites (N-methyl/N-ethyl adjacent to an activating group) is 1. The molecule has 1 aliphatic rings. The van der Waals surface area contributed by atoms with Crippen molar-refractivity contribution >= 4 is 28.9 Å². The number of rotatable bonds is 3. The highest BCUT2D eigenvalue weighted by molar-refractivity contribution is 6.09. The van der Waals surface area contributed by atoms with Crippen LogP contribution < -0.4 is 10.2 Å². The Morgan fingerprint density at radius 3 is 2.38 bits per heavy atom. The minimum atomic E-state index is -0.402. The maximum Gasteiger partial charge on any atom is 0.266 e. The molecule has 29 heavy (non-hydrogen) atoms. The summed E-state index contributed by atoms with van der Waals surface area (Å²) >= 11 is 0. The minimum absolute atomic E-state index is 0.0575. The molecule has 0 radical (unpaired) electrons. The van der Waals surface area contributed by atoms with Crippen molar-refractivity contribution in [1.82, 2.24) is 0 Å². The van der Waals surface area contributed by atoms with Crippen molar-refractivity contribution in [3.63, 3.8) is 0 Å². The van der Waals surface area contributed by atoms with Crippen molar-refractivity contribution in [1.29, 1.82) is 5.26 Å². The van der Waals surface area contributed by atoms with Crippen molar-refractivity contribution in [2.45, 2.75) is 40.2 Å². The summed E-state index contributed by atoms with van der Waals surface area (Å²) in [5.41, 5.74) is 7.12. The Kier molecular flexibility index (Phi) is 5.35. The van der Waals surface area contributed by atoms with Gasteiger partial charge in [0.05, 0.1) is 5.54 Å². The molecule has 0 fully saturated rings. The lowest BCUT2D eigenvalue weighted by Gasteiger charge is -2.40. The molecule has 148 valence electrons. The van der Waals surface area contributed by atoms with Crippen LogP contribution in [0.5, 0.6) is 0 Å². The third-order valence-electron chi connectivity index (χ3n) is 5.40. The standard InChI is InChI=1S/C25H27N3O/c1-16-9-17(2)11-21(10-16)27-24(29)20(15-26)12-19-7-8-23-22(13-19)18(3)14-25(4,5)28(23)6/h7-14H,1-6H3,(H,27,29)/b20-12-. The lowest BCUT2D eigenvalue weighted by atomic mass is 9.88. The number of aryl methyl sites for hydroxylation is 2. The van der Waals surface area contributed by atoms with Gasteiger partial charge in [0.25, 0.3) is 5.91 Å². The Balaban J connectivity index is 1.91. The highest BCUT2D eigenvalue weighted by Crippen LogP contribution is 2.38. The van der Waals surface area contributed by atoms with E-state index in [9.17, 15) is 10.1 Å². The number of anilines is 2. The van der Waals surface area contributed by atoms with E-state index >= 15 is 0 Å². The van der Waals surface area contributed by atoms with Crippen LogP contribution in [-0.2, 0) is 4.79 Å². The number of amides is 1. The molecule has 2 aromatic carbocycles. The van der Waals surface area contributed by atoms with Crippen molar-refractivity contribution in [3.05, 3.63) is 70.3 Å².